The number of rotatable bonds is 4. The maximum Gasteiger partial charge on any atom is 0.127 e. The second-order valence-electron chi connectivity index (χ2n) is 4.72. The molecule has 3 aromatic carbocycles. The molecule has 3 heteroatoms. The van der Waals surface area contributed by atoms with E-state index >= 15 is 0 Å². The third-order valence-corrected chi connectivity index (χ3v) is 3.30. The van der Waals surface area contributed by atoms with Crippen molar-refractivity contribution in [3.05, 3.63) is 89.4 Å². The molecular formula is C19H14ClNO. The van der Waals surface area contributed by atoms with E-state index in [0.29, 0.717) is 5.02 Å². The molecule has 0 aliphatic rings. The van der Waals surface area contributed by atoms with Crippen LogP contribution in [0.2, 0.25) is 5.02 Å². The number of hydrogen-bond acceptors (Lipinski definition) is 2. The van der Waals surface area contributed by atoms with E-state index in [2.05, 4.69) is 4.99 Å². The van der Waals surface area contributed by atoms with Gasteiger partial charge in [0, 0.05) is 11.2 Å². The summed E-state index contributed by atoms with van der Waals surface area (Å²) < 4.78 is 5.74. The van der Waals surface area contributed by atoms with Crippen LogP contribution in [0.15, 0.2) is 83.9 Å². The first-order chi connectivity index (χ1) is 10.8. The summed E-state index contributed by atoms with van der Waals surface area (Å²) in [5.74, 6) is 1.52. The van der Waals surface area contributed by atoms with E-state index in [0.717, 1.165) is 22.7 Å². The molecule has 0 N–H and O–H groups in total. The summed E-state index contributed by atoms with van der Waals surface area (Å²) in [5.41, 5.74) is 1.95. The Bertz CT molecular complexity index is 750. The summed E-state index contributed by atoms with van der Waals surface area (Å²) in [6.45, 7) is 0. The largest absolute Gasteiger partial charge is 0.457 e. The molecule has 0 aromatic heterocycles. The van der Waals surface area contributed by atoms with Crippen LogP contribution in [0.3, 0.4) is 0 Å². The average Bonchev–Trinajstić information content (AvgIpc) is 2.57. The number of ether oxygens (including phenoxy) is 1. The minimum atomic E-state index is 0.693. The summed E-state index contributed by atoms with van der Waals surface area (Å²) in [6, 6.07) is 24.9. The van der Waals surface area contributed by atoms with Gasteiger partial charge in [-0.1, -0.05) is 41.9 Å². The van der Waals surface area contributed by atoms with Crippen LogP contribution < -0.4 is 4.74 Å². The van der Waals surface area contributed by atoms with Crippen molar-refractivity contribution in [3.63, 3.8) is 0 Å². The zero-order valence-corrected chi connectivity index (χ0v) is 12.6. The van der Waals surface area contributed by atoms with Crippen LogP contribution >= 0.6 is 11.6 Å². The van der Waals surface area contributed by atoms with Gasteiger partial charge >= 0.3 is 0 Å². The van der Waals surface area contributed by atoms with Crippen LogP contribution in [-0.2, 0) is 0 Å². The normalized spacial score (nSPS) is 10.8. The first-order valence-corrected chi connectivity index (χ1v) is 7.30. The Kier molecular flexibility index (Phi) is 4.52. The van der Waals surface area contributed by atoms with Gasteiger partial charge in [-0.3, -0.25) is 4.99 Å². The predicted octanol–water partition coefficient (Wildman–Crippen LogP) is 5.88. The van der Waals surface area contributed by atoms with E-state index < -0.39 is 0 Å². The molecule has 0 spiro atoms. The molecule has 2 nitrogen and oxygen atoms in total. The van der Waals surface area contributed by atoms with Crippen molar-refractivity contribution in [1.29, 1.82) is 0 Å². The minimum Gasteiger partial charge on any atom is -0.457 e. The van der Waals surface area contributed by atoms with Gasteiger partial charge in [-0.05, 0) is 54.1 Å². The Morgan fingerprint density at radius 2 is 1.32 bits per heavy atom. The van der Waals surface area contributed by atoms with Gasteiger partial charge < -0.3 is 4.74 Å². The fourth-order valence-electron chi connectivity index (χ4n) is 1.93. The van der Waals surface area contributed by atoms with Crippen LogP contribution in [0.5, 0.6) is 11.5 Å². The smallest absolute Gasteiger partial charge is 0.127 e. The molecule has 0 amide bonds. The summed E-state index contributed by atoms with van der Waals surface area (Å²) in [7, 11) is 0. The highest BCUT2D eigenvalue weighted by Gasteiger charge is 1.97. The summed E-state index contributed by atoms with van der Waals surface area (Å²) >= 11 is 5.85. The Morgan fingerprint density at radius 3 is 1.95 bits per heavy atom. The Hall–Kier alpha value is -2.58. The molecule has 0 radical (unpaired) electrons. The van der Waals surface area contributed by atoms with Crippen molar-refractivity contribution >= 4 is 23.5 Å². The number of benzene rings is 3. The average molecular weight is 308 g/mol. The first kappa shape index (κ1) is 14.4. The second kappa shape index (κ2) is 6.92. The van der Waals surface area contributed by atoms with E-state index in [4.69, 9.17) is 16.3 Å². The van der Waals surface area contributed by atoms with Crippen molar-refractivity contribution in [1.82, 2.24) is 0 Å². The molecule has 22 heavy (non-hydrogen) atoms. The van der Waals surface area contributed by atoms with E-state index in [1.54, 1.807) is 12.1 Å². The van der Waals surface area contributed by atoms with Crippen molar-refractivity contribution < 1.29 is 4.74 Å². The molecule has 0 heterocycles. The van der Waals surface area contributed by atoms with Gasteiger partial charge in [0.25, 0.3) is 0 Å². The summed E-state index contributed by atoms with van der Waals surface area (Å²) in [5, 5.41) is 0.693. The molecule has 0 bridgehead atoms. The lowest BCUT2D eigenvalue weighted by molar-refractivity contribution is 0.483. The highest BCUT2D eigenvalue weighted by molar-refractivity contribution is 6.30. The first-order valence-electron chi connectivity index (χ1n) is 6.92. The van der Waals surface area contributed by atoms with E-state index in [9.17, 15) is 0 Å². The third-order valence-electron chi connectivity index (χ3n) is 3.05. The summed E-state index contributed by atoms with van der Waals surface area (Å²) in [6.07, 6.45) is 1.84. The molecule has 108 valence electrons. The second-order valence-corrected chi connectivity index (χ2v) is 5.16. The standard InChI is InChI=1S/C19H14ClNO/c20-16-6-10-18(11-7-16)22-19-12-8-17(9-13-19)21-14-15-4-2-1-3-5-15/h1-14H. The monoisotopic (exact) mass is 307 g/mol. The molecule has 0 atom stereocenters. The van der Waals surface area contributed by atoms with Crippen molar-refractivity contribution in [3.8, 4) is 11.5 Å². The Labute approximate surface area is 134 Å². The molecule has 0 saturated heterocycles. The van der Waals surface area contributed by atoms with E-state index in [-0.39, 0.29) is 0 Å². The molecule has 0 fully saturated rings. The fourth-order valence-corrected chi connectivity index (χ4v) is 2.05. The van der Waals surface area contributed by atoms with E-state index in [1.165, 1.54) is 0 Å². The number of halogens is 1. The van der Waals surface area contributed by atoms with Gasteiger partial charge in [0.1, 0.15) is 11.5 Å². The van der Waals surface area contributed by atoms with Crippen molar-refractivity contribution in [2.24, 2.45) is 4.99 Å². The highest BCUT2D eigenvalue weighted by atomic mass is 35.5. The molecule has 0 aliphatic heterocycles. The van der Waals surface area contributed by atoms with Gasteiger partial charge in [-0.25, -0.2) is 0 Å². The number of aliphatic imine (C=N–C) groups is 1. The lowest BCUT2D eigenvalue weighted by Crippen LogP contribution is -1.83. The molecule has 3 aromatic rings. The molecular weight excluding hydrogens is 294 g/mol. The van der Waals surface area contributed by atoms with Crippen molar-refractivity contribution in [2.45, 2.75) is 0 Å². The van der Waals surface area contributed by atoms with Crippen LogP contribution in [0.4, 0.5) is 5.69 Å². The predicted molar refractivity (Wildman–Crippen MR) is 91.7 cm³/mol. The fraction of sp³-hybridized carbons (Fsp3) is 0. The quantitative estimate of drug-likeness (QED) is 0.551. The molecule has 3 rings (SSSR count). The van der Waals surface area contributed by atoms with Crippen molar-refractivity contribution in [2.75, 3.05) is 0 Å². The highest BCUT2D eigenvalue weighted by Crippen LogP contribution is 2.25. The van der Waals surface area contributed by atoms with Crippen LogP contribution in [0, 0.1) is 0 Å². The Morgan fingerprint density at radius 1 is 0.727 bits per heavy atom. The van der Waals surface area contributed by atoms with Gasteiger partial charge in [0.15, 0.2) is 0 Å². The number of nitrogens with zero attached hydrogens (tertiary/aromatic N) is 1. The van der Waals surface area contributed by atoms with Crippen LogP contribution in [0.1, 0.15) is 5.56 Å². The van der Waals surface area contributed by atoms with Gasteiger partial charge in [0.05, 0.1) is 5.69 Å². The SMILES string of the molecule is Clc1ccc(Oc2ccc(N=Cc3ccccc3)cc2)cc1. The maximum atomic E-state index is 5.85. The molecule has 0 unspecified atom stereocenters. The zero-order valence-electron chi connectivity index (χ0n) is 11.8. The van der Waals surface area contributed by atoms with Crippen LogP contribution in [-0.4, -0.2) is 6.21 Å². The van der Waals surface area contributed by atoms with Crippen LogP contribution in [0.25, 0.3) is 0 Å². The molecule has 0 saturated carbocycles. The minimum absolute atomic E-state index is 0.693. The summed E-state index contributed by atoms with van der Waals surface area (Å²) in [4.78, 5) is 4.44. The topological polar surface area (TPSA) is 21.6 Å². The van der Waals surface area contributed by atoms with Gasteiger partial charge in [-0.2, -0.15) is 0 Å². The third kappa shape index (κ3) is 3.96. The molecule has 0 aliphatic carbocycles. The zero-order chi connectivity index (χ0) is 15.2. The van der Waals surface area contributed by atoms with Gasteiger partial charge in [-0.15, -0.1) is 0 Å². The number of hydrogen-bond donors (Lipinski definition) is 0. The lowest BCUT2D eigenvalue weighted by Gasteiger charge is -2.05. The van der Waals surface area contributed by atoms with E-state index in [1.807, 2.05) is 72.9 Å². The lowest BCUT2D eigenvalue weighted by atomic mass is 10.2. The van der Waals surface area contributed by atoms with Gasteiger partial charge in [0.2, 0.25) is 0 Å². The Balaban J connectivity index is 1.67. The maximum absolute atomic E-state index is 5.85.